The predicted octanol–water partition coefficient (Wildman–Crippen LogP) is 1.99. The van der Waals surface area contributed by atoms with E-state index in [1.807, 2.05) is 6.07 Å². The Morgan fingerprint density at radius 2 is 2.39 bits per heavy atom. The quantitative estimate of drug-likeness (QED) is 0.764. The van der Waals surface area contributed by atoms with Crippen LogP contribution >= 0.6 is 11.6 Å². The minimum atomic E-state index is -0.498. The highest BCUT2D eigenvalue weighted by atomic mass is 35.5. The van der Waals surface area contributed by atoms with Gasteiger partial charge >= 0.3 is 0 Å². The minimum Gasteiger partial charge on any atom is -0.385 e. The minimum absolute atomic E-state index is 0.361. The Morgan fingerprint density at radius 1 is 1.56 bits per heavy atom. The van der Waals surface area contributed by atoms with Gasteiger partial charge in [0.05, 0.1) is 10.6 Å². The van der Waals surface area contributed by atoms with E-state index in [1.54, 1.807) is 12.1 Å². The average Bonchev–Trinajstić information content (AvgIpc) is 2.81. The van der Waals surface area contributed by atoms with Crippen LogP contribution in [-0.2, 0) is 0 Å². The Balaban J connectivity index is 1.85. The molecule has 2 rings (SSSR count). The van der Waals surface area contributed by atoms with E-state index in [-0.39, 0.29) is 0 Å². The van der Waals surface area contributed by atoms with E-state index in [4.69, 9.17) is 17.3 Å². The maximum absolute atomic E-state index is 11.0. The van der Waals surface area contributed by atoms with Gasteiger partial charge < -0.3 is 16.4 Å². The van der Waals surface area contributed by atoms with Crippen LogP contribution in [0.1, 0.15) is 29.6 Å². The van der Waals surface area contributed by atoms with Crippen molar-refractivity contribution in [2.75, 3.05) is 18.4 Å². The zero-order chi connectivity index (χ0) is 13.0. The van der Waals surface area contributed by atoms with Crippen LogP contribution in [0, 0.1) is 0 Å². The highest BCUT2D eigenvalue weighted by molar-refractivity contribution is 6.34. The highest BCUT2D eigenvalue weighted by Crippen LogP contribution is 2.20. The van der Waals surface area contributed by atoms with Crippen LogP contribution < -0.4 is 16.4 Å². The zero-order valence-electron chi connectivity index (χ0n) is 10.2. The maximum Gasteiger partial charge on any atom is 0.250 e. The summed E-state index contributed by atoms with van der Waals surface area (Å²) in [5.74, 6) is -0.498. The van der Waals surface area contributed by atoms with Crippen molar-refractivity contribution in [2.24, 2.45) is 5.73 Å². The number of carbonyl (C=O) groups excluding carboxylic acids is 1. The number of primary amides is 1. The fraction of sp³-hybridized carbons (Fsp3) is 0.462. The van der Waals surface area contributed by atoms with E-state index in [0.717, 1.165) is 25.2 Å². The van der Waals surface area contributed by atoms with Crippen molar-refractivity contribution in [1.82, 2.24) is 5.32 Å². The summed E-state index contributed by atoms with van der Waals surface area (Å²) >= 11 is 5.98. The normalized spacial score (nSPS) is 18.8. The number of halogens is 1. The van der Waals surface area contributed by atoms with E-state index < -0.39 is 5.91 Å². The molecule has 1 heterocycles. The molecule has 1 saturated heterocycles. The number of nitrogens with two attached hydrogens (primary N) is 1. The number of nitrogens with one attached hydrogen (secondary N) is 2. The van der Waals surface area contributed by atoms with Gasteiger partial charge in [0.1, 0.15) is 0 Å². The Morgan fingerprint density at radius 3 is 3.00 bits per heavy atom. The maximum atomic E-state index is 11.0. The van der Waals surface area contributed by atoms with Crippen LogP contribution in [0.4, 0.5) is 5.69 Å². The number of hydrogen-bond acceptors (Lipinski definition) is 3. The number of carbonyl (C=O) groups is 1. The number of hydrogen-bond donors (Lipinski definition) is 3. The van der Waals surface area contributed by atoms with Crippen LogP contribution in [0.2, 0.25) is 5.02 Å². The summed E-state index contributed by atoms with van der Waals surface area (Å²) in [6, 6.07) is 5.84. The Bertz CT molecular complexity index is 430. The van der Waals surface area contributed by atoms with Gasteiger partial charge in [0.2, 0.25) is 5.91 Å². The molecule has 1 aromatic rings. The SMILES string of the molecule is NC(=O)c1ccc(NCCC2CCCN2)cc1Cl. The molecule has 0 radical (unpaired) electrons. The molecule has 1 atom stereocenters. The number of rotatable bonds is 5. The van der Waals surface area contributed by atoms with Gasteiger partial charge in [0, 0.05) is 18.3 Å². The Hall–Kier alpha value is -1.26. The topological polar surface area (TPSA) is 67.2 Å². The summed E-state index contributed by atoms with van der Waals surface area (Å²) in [5, 5.41) is 7.15. The molecule has 0 saturated carbocycles. The van der Waals surface area contributed by atoms with Crippen LogP contribution in [0.5, 0.6) is 0 Å². The van der Waals surface area contributed by atoms with Crippen LogP contribution in [-0.4, -0.2) is 25.0 Å². The first-order valence-corrected chi connectivity index (χ1v) is 6.61. The Kier molecular flexibility index (Phi) is 4.44. The molecule has 98 valence electrons. The van der Waals surface area contributed by atoms with Gasteiger partial charge in [-0.2, -0.15) is 0 Å². The van der Waals surface area contributed by atoms with E-state index in [2.05, 4.69) is 10.6 Å². The summed E-state index contributed by atoms with van der Waals surface area (Å²) in [6.07, 6.45) is 3.61. The average molecular weight is 268 g/mol. The van der Waals surface area contributed by atoms with Gasteiger partial charge in [-0.25, -0.2) is 0 Å². The lowest BCUT2D eigenvalue weighted by atomic mass is 10.1. The van der Waals surface area contributed by atoms with Gasteiger partial charge in [-0.3, -0.25) is 4.79 Å². The summed E-state index contributed by atoms with van der Waals surface area (Å²) in [4.78, 5) is 11.0. The number of anilines is 1. The predicted molar refractivity (Wildman–Crippen MR) is 74.1 cm³/mol. The van der Waals surface area contributed by atoms with Crippen molar-refractivity contribution in [3.8, 4) is 0 Å². The third-order valence-corrected chi connectivity index (χ3v) is 3.53. The molecule has 1 amide bonds. The second-order valence-corrected chi connectivity index (χ2v) is 4.97. The van der Waals surface area contributed by atoms with Crippen molar-refractivity contribution in [3.63, 3.8) is 0 Å². The molecule has 0 bridgehead atoms. The van der Waals surface area contributed by atoms with Crippen molar-refractivity contribution in [3.05, 3.63) is 28.8 Å². The monoisotopic (exact) mass is 267 g/mol. The van der Waals surface area contributed by atoms with Gasteiger partial charge in [-0.1, -0.05) is 11.6 Å². The molecule has 5 heteroatoms. The molecule has 4 nitrogen and oxygen atoms in total. The summed E-state index contributed by atoms with van der Waals surface area (Å²) in [7, 11) is 0. The molecule has 0 aliphatic carbocycles. The summed E-state index contributed by atoms with van der Waals surface area (Å²) in [6.45, 7) is 2.02. The molecular weight excluding hydrogens is 250 g/mol. The van der Waals surface area contributed by atoms with Gasteiger partial charge in [0.25, 0.3) is 0 Å². The van der Waals surface area contributed by atoms with Crippen molar-refractivity contribution in [1.29, 1.82) is 0 Å². The van der Waals surface area contributed by atoms with E-state index in [1.165, 1.54) is 12.8 Å². The molecule has 4 N–H and O–H groups in total. The first kappa shape index (κ1) is 13.2. The lowest BCUT2D eigenvalue weighted by Crippen LogP contribution is -2.24. The van der Waals surface area contributed by atoms with E-state index in [9.17, 15) is 4.79 Å². The standard InChI is InChI=1S/C13H18ClN3O/c14-12-8-10(3-4-11(12)13(15)18)17-7-5-9-2-1-6-16-9/h3-4,8-9,16-17H,1-2,5-7H2,(H2,15,18). The first-order chi connectivity index (χ1) is 8.66. The molecule has 0 aromatic heterocycles. The van der Waals surface area contributed by atoms with E-state index in [0.29, 0.717) is 16.6 Å². The largest absolute Gasteiger partial charge is 0.385 e. The van der Waals surface area contributed by atoms with Crippen LogP contribution in [0.3, 0.4) is 0 Å². The smallest absolute Gasteiger partial charge is 0.250 e. The van der Waals surface area contributed by atoms with Crippen molar-refractivity contribution >= 4 is 23.2 Å². The van der Waals surface area contributed by atoms with Crippen molar-refractivity contribution in [2.45, 2.75) is 25.3 Å². The van der Waals surface area contributed by atoms with Crippen LogP contribution in [0.15, 0.2) is 18.2 Å². The lowest BCUT2D eigenvalue weighted by Gasteiger charge is -2.12. The van der Waals surface area contributed by atoms with Crippen LogP contribution in [0.25, 0.3) is 0 Å². The Labute approximate surface area is 112 Å². The molecule has 18 heavy (non-hydrogen) atoms. The molecule has 1 aromatic carbocycles. The molecule has 0 spiro atoms. The zero-order valence-corrected chi connectivity index (χ0v) is 11.0. The summed E-state index contributed by atoms with van der Waals surface area (Å²) in [5.41, 5.74) is 6.48. The van der Waals surface area contributed by atoms with Gasteiger partial charge in [0.15, 0.2) is 0 Å². The highest BCUT2D eigenvalue weighted by Gasteiger charge is 2.13. The second kappa shape index (κ2) is 6.07. The molecule has 1 unspecified atom stereocenters. The number of amides is 1. The first-order valence-electron chi connectivity index (χ1n) is 6.23. The van der Waals surface area contributed by atoms with Gasteiger partial charge in [-0.15, -0.1) is 0 Å². The third-order valence-electron chi connectivity index (χ3n) is 3.22. The molecular formula is C13H18ClN3O. The lowest BCUT2D eigenvalue weighted by molar-refractivity contribution is 0.100. The fourth-order valence-corrected chi connectivity index (χ4v) is 2.49. The molecule has 1 aliphatic heterocycles. The summed E-state index contributed by atoms with van der Waals surface area (Å²) < 4.78 is 0. The fourth-order valence-electron chi connectivity index (χ4n) is 2.22. The molecule has 1 fully saturated rings. The third kappa shape index (κ3) is 3.37. The van der Waals surface area contributed by atoms with Crippen molar-refractivity contribution < 1.29 is 4.79 Å². The second-order valence-electron chi connectivity index (χ2n) is 4.57. The number of benzene rings is 1. The van der Waals surface area contributed by atoms with E-state index >= 15 is 0 Å². The van der Waals surface area contributed by atoms with Gasteiger partial charge in [-0.05, 0) is 44.0 Å². The molecule has 1 aliphatic rings.